The number of nitrogens with zero attached hydrogens (tertiary/aromatic N) is 2. The number of anilines is 1. The topological polar surface area (TPSA) is 82.0 Å². The molecular weight excluding hydrogens is 602 g/mol. The summed E-state index contributed by atoms with van der Waals surface area (Å²) in [6.45, 7) is 1.58. The van der Waals surface area contributed by atoms with Crippen LogP contribution in [0.3, 0.4) is 0 Å². The Bertz CT molecular complexity index is 1640. The normalized spacial score (nSPS) is 19.1. The smallest absolute Gasteiger partial charge is 0.329 e. The first-order valence-corrected chi connectivity index (χ1v) is 15.6. The second kappa shape index (κ2) is 13.1. The zero-order chi connectivity index (χ0) is 29.8. The van der Waals surface area contributed by atoms with Gasteiger partial charge in [-0.2, -0.15) is 0 Å². The van der Waals surface area contributed by atoms with Crippen LogP contribution in [0.4, 0.5) is 5.69 Å². The van der Waals surface area contributed by atoms with Gasteiger partial charge in [0.15, 0.2) is 6.04 Å². The molecule has 1 heterocycles. The number of likely N-dealkylation sites (tertiary alicyclic amines) is 1. The van der Waals surface area contributed by atoms with Crippen LogP contribution in [0.2, 0.25) is 0 Å². The van der Waals surface area contributed by atoms with E-state index >= 15 is 0 Å². The molecule has 43 heavy (non-hydrogen) atoms. The lowest BCUT2D eigenvalue weighted by atomic mass is 9.92. The number of rotatable bonds is 9. The van der Waals surface area contributed by atoms with Crippen molar-refractivity contribution in [3.05, 3.63) is 135 Å². The highest BCUT2D eigenvalue weighted by Crippen LogP contribution is 2.39. The van der Waals surface area contributed by atoms with E-state index in [-0.39, 0.29) is 17.9 Å². The van der Waals surface area contributed by atoms with Gasteiger partial charge in [-0.3, -0.25) is 14.7 Å². The zero-order valence-electron chi connectivity index (χ0n) is 23.8. The van der Waals surface area contributed by atoms with E-state index in [4.69, 9.17) is 4.99 Å². The Balaban J connectivity index is 1.34. The third-order valence-corrected chi connectivity index (χ3v) is 9.01. The number of carbonyl (C=O) groups excluding carboxylic acids is 1. The largest absolute Gasteiger partial charge is 0.480 e. The van der Waals surface area contributed by atoms with Crippen molar-refractivity contribution in [1.29, 1.82) is 0 Å². The maximum atomic E-state index is 13.7. The maximum Gasteiger partial charge on any atom is 0.329 e. The molecule has 0 radical (unpaired) electrons. The number of hydrogen-bond donors (Lipinski definition) is 2. The molecule has 1 aliphatic heterocycles. The second-order valence-corrected chi connectivity index (χ2v) is 12.2. The van der Waals surface area contributed by atoms with Crippen LogP contribution in [0.15, 0.2) is 113 Å². The predicted molar refractivity (Wildman–Crippen MR) is 174 cm³/mol. The highest BCUT2D eigenvalue weighted by atomic mass is 79.9. The number of fused-ring (bicyclic) bond motifs is 1. The van der Waals surface area contributed by atoms with Crippen LogP contribution in [0.25, 0.3) is 0 Å². The van der Waals surface area contributed by atoms with E-state index in [1.807, 2.05) is 84.9 Å². The Hall–Kier alpha value is -4.07. The number of benzene rings is 4. The van der Waals surface area contributed by atoms with Crippen molar-refractivity contribution < 1.29 is 14.7 Å². The van der Waals surface area contributed by atoms with Crippen molar-refractivity contribution >= 4 is 39.2 Å². The molecule has 218 valence electrons. The fourth-order valence-electron chi connectivity index (χ4n) is 6.43. The van der Waals surface area contributed by atoms with Crippen molar-refractivity contribution in [1.82, 2.24) is 4.90 Å². The SMILES string of the molecule is O=C(O)[C@@H](/N=C(\c1ccccc1)c1ccccc1NC(=O)[C@@H]1CCCN1Cc1ccccc1)[C@H]1CCc2ccc(Br)cc21. The summed E-state index contributed by atoms with van der Waals surface area (Å²) in [5.41, 5.74) is 6.06. The van der Waals surface area contributed by atoms with Crippen LogP contribution in [0, 0.1) is 0 Å². The lowest BCUT2D eigenvalue weighted by Gasteiger charge is -2.25. The predicted octanol–water partition coefficient (Wildman–Crippen LogP) is 7.07. The summed E-state index contributed by atoms with van der Waals surface area (Å²) in [5, 5.41) is 13.7. The first kappa shape index (κ1) is 29.0. The first-order valence-electron chi connectivity index (χ1n) is 14.8. The number of carboxylic acids is 1. The van der Waals surface area contributed by atoms with Gasteiger partial charge in [-0.05, 0) is 67.1 Å². The van der Waals surface area contributed by atoms with E-state index in [9.17, 15) is 14.7 Å². The molecule has 4 aromatic rings. The van der Waals surface area contributed by atoms with Crippen LogP contribution in [-0.2, 0) is 22.6 Å². The molecule has 1 amide bonds. The summed E-state index contributed by atoms with van der Waals surface area (Å²) in [4.78, 5) is 33.8. The average molecular weight is 637 g/mol. The van der Waals surface area contributed by atoms with E-state index in [1.54, 1.807) is 0 Å². The van der Waals surface area contributed by atoms with Gasteiger partial charge in [0.05, 0.1) is 17.4 Å². The Morgan fingerprint density at radius 3 is 2.42 bits per heavy atom. The number of aliphatic imine (C=N–C) groups is 1. The second-order valence-electron chi connectivity index (χ2n) is 11.3. The van der Waals surface area contributed by atoms with E-state index in [0.29, 0.717) is 23.4 Å². The van der Waals surface area contributed by atoms with Gasteiger partial charge in [0.1, 0.15) is 0 Å². The number of halogens is 1. The average Bonchev–Trinajstić information content (AvgIpc) is 3.66. The standard InChI is InChI=1S/C36H34BrN3O3/c37-27-19-17-25-18-20-28(30(25)22-27)34(36(42)43)39-33(26-12-5-2-6-13-26)29-14-7-8-15-31(29)38-35(41)32-16-9-21-40(32)23-24-10-3-1-4-11-24/h1-8,10-15,17,19,22,28,32,34H,9,16,18,20-21,23H2,(H,38,41)(H,42,43)/b39-33+/t28-,32-,34-/m0/s1. The molecule has 6 rings (SSSR count). The minimum absolute atomic E-state index is 0.0577. The summed E-state index contributed by atoms with van der Waals surface area (Å²) in [6, 6.07) is 32.3. The Morgan fingerprint density at radius 1 is 0.930 bits per heavy atom. The summed E-state index contributed by atoms with van der Waals surface area (Å²) in [5.74, 6) is -1.27. The number of para-hydroxylation sites is 1. The third-order valence-electron chi connectivity index (χ3n) is 8.52. The molecule has 0 unspecified atom stereocenters. The Morgan fingerprint density at radius 2 is 1.65 bits per heavy atom. The number of carbonyl (C=O) groups is 2. The lowest BCUT2D eigenvalue weighted by molar-refractivity contribution is -0.139. The molecule has 2 N–H and O–H groups in total. The van der Waals surface area contributed by atoms with Crippen molar-refractivity contribution in [3.63, 3.8) is 0 Å². The van der Waals surface area contributed by atoms with Crippen LogP contribution >= 0.6 is 15.9 Å². The van der Waals surface area contributed by atoms with Crippen LogP contribution < -0.4 is 5.32 Å². The van der Waals surface area contributed by atoms with E-state index in [0.717, 1.165) is 48.0 Å². The van der Waals surface area contributed by atoms with Crippen molar-refractivity contribution in [2.24, 2.45) is 4.99 Å². The summed E-state index contributed by atoms with van der Waals surface area (Å²) in [6.07, 6.45) is 3.28. The van der Waals surface area contributed by atoms with Gasteiger partial charge in [0, 0.05) is 28.1 Å². The fraction of sp³-hybridized carbons (Fsp3) is 0.250. The number of amides is 1. The zero-order valence-corrected chi connectivity index (χ0v) is 25.4. The minimum Gasteiger partial charge on any atom is -0.480 e. The molecule has 4 aromatic carbocycles. The number of nitrogens with one attached hydrogen (secondary N) is 1. The van der Waals surface area contributed by atoms with Gasteiger partial charge in [0.25, 0.3) is 0 Å². The van der Waals surface area contributed by atoms with Gasteiger partial charge in [-0.25, -0.2) is 4.79 Å². The highest BCUT2D eigenvalue weighted by Gasteiger charge is 2.36. The molecule has 0 bridgehead atoms. The lowest BCUT2D eigenvalue weighted by Crippen LogP contribution is -2.39. The Kier molecular flexibility index (Phi) is 8.82. The van der Waals surface area contributed by atoms with Gasteiger partial charge >= 0.3 is 5.97 Å². The number of hydrogen-bond acceptors (Lipinski definition) is 4. The Labute approximate surface area is 260 Å². The quantitative estimate of drug-likeness (QED) is 0.193. The summed E-state index contributed by atoms with van der Waals surface area (Å²) in [7, 11) is 0. The molecule has 0 saturated carbocycles. The number of aryl methyl sites for hydroxylation is 1. The molecule has 1 aliphatic carbocycles. The molecule has 1 saturated heterocycles. The molecular formula is C36H34BrN3O3. The molecule has 1 fully saturated rings. The third kappa shape index (κ3) is 6.48. The van der Waals surface area contributed by atoms with Gasteiger partial charge in [-0.15, -0.1) is 0 Å². The highest BCUT2D eigenvalue weighted by molar-refractivity contribution is 9.10. The van der Waals surface area contributed by atoms with Crippen LogP contribution in [0.1, 0.15) is 53.0 Å². The molecule has 2 aliphatic rings. The van der Waals surface area contributed by atoms with Crippen molar-refractivity contribution in [2.75, 3.05) is 11.9 Å². The van der Waals surface area contributed by atoms with Crippen molar-refractivity contribution in [2.45, 2.75) is 50.2 Å². The van der Waals surface area contributed by atoms with Gasteiger partial charge < -0.3 is 10.4 Å². The first-order chi connectivity index (χ1) is 21.0. The molecule has 3 atom stereocenters. The number of aliphatic carboxylic acids is 1. The van der Waals surface area contributed by atoms with Gasteiger partial charge in [0.2, 0.25) is 5.91 Å². The maximum absolute atomic E-state index is 13.7. The molecule has 6 nitrogen and oxygen atoms in total. The molecule has 7 heteroatoms. The molecule has 0 spiro atoms. The van der Waals surface area contributed by atoms with Gasteiger partial charge in [-0.1, -0.05) is 101 Å². The molecule has 0 aromatic heterocycles. The van der Waals surface area contributed by atoms with Crippen LogP contribution in [0.5, 0.6) is 0 Å². The fourth-order valence-corrected chi connectivity index (χ4v) is 6.81. The summed E-state index contributed by atoms with van der Waals surface area (Å²) >= 11 is 3.56. The summed E-state index contributed by atoms with van der Waals surface area (Å²) < 4.78 is 0.927. The van der Waals surface area contributed by atoms with E-state index in [2.05, 4.69) is 44.3 Å². The van der Waals surface area contributed by atoms with Crippen molar-refractivity contribution in [3.8, 4) is 0 Å². The van der Waals surface area contributed by atoms with E-state index in [1.165, 1.54) is 11.1 Å². The number of carboxylic acid groups (broad SMARTS) is 1. The monoisotopic (exact) mass is 635 g/mol. The van der Waals surface area contributed by atoms with Crippen LogP contribution in [-0.4, -0.2) is 46.2 Å². The van der Waals surface area contributed by atoms with E-state index < -0.39 is 12.0 Å². The minimum atomic E-state index is -0.981.